The minimum atomic E-state index is -0.681. The average molecular weight is 192 g/mol. The van der Waals surface area contributed by atoms with Crippen LogP contribution in [0.3, 0.4) is 0 Å². The smallest absolute Gasteiger partial charge is 0.332 e. The van der Waals surface area contributed by atoms with Gasteiger partial charge in [-0.2, -0.15) is 5.10 Å². The Morgan fingerprint density at radius 2 is 1.93 bits per heavy atom. The zero-order valence-electron chi connectivity index (χ0n) is 7.82. The quantitative estimate of drug-likeness (QED) is 0.365. The molecule has 0 unspecified atom stereocenters. The van der Waals surface area contributed by atoms with Crippen LogP contribution in [0, 0.1) is 0 Å². The van der Waals surface area contributed by atoms with E-state index in [4.69, 9.17) is 11.5 Å². The van der Waals surface area contributed by atoms with Crippen LogP contribution in [-0.4, -0.2) is 11.7 Å². The molecule has 5 N–H and O–H groups in total. The van der Waals surface area contributed by atoms with E-state index in [9.17, 15) is 4.79 Å². The van der Waals surface area contributed by atoms with Crippen molar-refractivity contribution >= 4 is 17.4 Å². The largest absolute Gasteiger partial charge is 0.399 e. The van der Waals surface area contributed by atoms with E-state index in [2.05, 4.69) is 10.5 Å². The Balaban J connectivity index is 2.78. The summed E-state index contributed by atoms with van der Waals surface area (Å²) in [6, 6.07) is 6.48. The summed E-state index contributed by atoms with van der Waals surface area (Å²) in [6.45, 7) is 1.77. The number of hydrogen-bond acceptors (Lipinski definition) is 3. The Hall–Kier alpha value is -2.04. The summed E-state index contributed by atoms with van der Waals surface area (Å²) in [7, 11) is 0. The Morgan fingerprint density at radius 1 is 1.36 bits per heavy atom. The van der Waals surface area contributed by atoms with Crippen molar-refractivity contribution in [2.75, 3.05) is 5.73 Å². The van der Waals surface area contributed by atoms with Crippen LogP contribution in [0.25, 0.3) is 0 Å². The second-order valence-electron chi connectivity index (χ2n) is 2.80. The predicted molar refractivity (Wildman–Crippen MR) is 55.8 cm³/mol. The molecule has 0 aliphatic rings. The number of benzene rings is 1. The van der Waals surface area contributed by atoms with E-state index in [1.165, 1.54) is 0 Å². The fourth-order valence-electron chi connectivity index (χ4n) is 0.928. The van der Waals surface area contributed by atoms with Crippen LogP contribution in [-0.2, 0) is 0 Å². The van der Waals surface area contributed by atoms with Crippen LogP contribution in [0.1, 0.15) is 12.5 Å². The van der Waals surface area contributed by atoms with Crippen LogP contribution < -0.4 is 16.9 Å². The molecule has 0 saturated carbocycles. The number of carbonyl (C=O) groups excluding carboxylic acids is 1. The van der Waals surface area contributed by atoms with Gasteiger partial charge in [-0.3, -0.25) is 0 Å². The van der Waals surface area contributed by atoms with Gasteiger partial charge in [-0.25, -0.2) is 10.2 Å². The number of urea groups is 1. The highest BCUT2D eigenvalue weighted by Gasteiger charge is 1.96. The summed E-state index contributed by atoms with van der Waals surface area (Å²) < 4.78 is 0. The molecule has 2 amide bonds. The molecule has 5 heteroatoms. The number of nitrogens with one attached hydrogen (secondary N) is 1. The maximum absolute atomic E-state index is 10.4. The lowest BCUT2D eigenvalue weighted by Crippen LogP contribution is -2.25. The molecule has 1 aromatic rings. The average Bonchev–Trinajstić information content (AvgIpc) is 2.15. The summed E-state index contributed by atoms with van der Waals surface area (Å²) in [4.78, 5) is 10.4. The third kappa shape index (κ3) is 2.78. The maximum atomic E-state index is 10.4. The lowest BCUT2D eigenvalue weighted by atomic mass is 10.1. The second kappa shape index (κ2) is 4.27. The number of hydrazone groups is 1. The summed E-state index contributed by atoms with van der Waals surface area (Å²) in [5.74, 6) is 0. The molecule has 0 atom stereocenters. The van der Waals surface area contributed by atoms with Gasteiger partial charge in [0.1, 0.15) is 0 Å². The number of primary amides is 1. The number of nitrogens with two attached hydrogens (primary N) is 2. The molecule has 0 aromatic heterocycles. The van der Waals surface area contributed by atoms with Crippen molar-refractivity contribution in [2.45, 2.75) is 6.92 Å². The van der Waals surface area contributed by atoms with Crippen molar-refractivity contribution in [3.05, 3.63) is 29.8 Å². The first-order chi connectivity index (χ1) is 6.59. The molecule has 5 nitrogen and oxygen atoms in total. The van der Waals surface area contributed by atoms with Crippen molar-refractivity contribution < 1.29 is 4.79 Å². The summed E-state index contributed by atoms with van der Waals surface area (Å²) >= 11 is 0. The number of hydrogen-bond donors (Lipinski definition) is 3. The van der Waals surface area contributed by atoms with Gasteiger partial charge in [0.2, 0.25) is 0 Å². The van der Waals surface area contributed by atoms with Crippen molar-refractivity contribution in [2.24, 2.45) is 10.8 Å². The lowest BCUT2D eigenvalue weighted by Gasteiger charge is -2.00. The van der Waals surface area contributed by atoms with Gasteiger partial charge in [0, 0.05) is 5.69 Å². The Bertz CT molecular complexity index is 356. The van der Waals surface area contributed by atoms with Gasteiger partial charge in [0.15, 0.2) is 0 Å². The van der Waals surface area contributed by atoms with Crippen molar-refractivity contribution in [1.82, 2.24) is 5.43 Å². The first-order valence-corrected chi connectivity index (χ1v) is 4.05. The van der Waals surface area contributed by atoms with Gasteiger partial charge in [-0.15, -0.1) is 0 Å². The summed E-state index contributed by atoms with van der Waals surface area (Å²) in [5, 5.41) is 3.77. The number of anilines is 1. The van der Waals surface area contributed by atoms with Gasteiger partial charge in [-0.1, -0.05) is 12.1 Å². The second-order valence-corrected chi connectivity index (χ2v) is 2.80. The van der Waals surface area contributed by atoms with Gasteiger partial charge in [0.25, 0.3) is 0 Å². The first-order valence-electron chi connectivity index (χ1n) is 4.05. The van der Waals surface area contributed by atoms with Gasteiger partial charge < -0.3 is 11.5 Å². The number of carbonyl (C=O) groups is 1. The highest BCUT2D eigenvalue weighted by atomic mass is 16.2. The van der Waals surface area contributed by atoms with E-state index >= 15 is 0 Å². The van der Waals surface area contributed by atoms with Crippen LogP contribution in [0.5, 0.6) is 0 Å². The number of nitrogens with zero attached hydrogens (tertiary/aromatic N) is 1. The molecule has 1 rings (SSSR count). The molecular weight excluding hydrogens is 180 g/mol. The molecule has 0 bridgehead atoms. The molecule has 0 aliphatic carbocycles. The SMILES string of the molecule is CC(=NNC(N)=O)c1ccc(N)cc1. The molecule has 1 aromatic carbocycles. The van der Waals surface area contributed by atoms with E-state index in [1.807, 2.05) is 12.1 Å². The number of nitrogen functional groups attached to an aromatic ring is 1. The van der Waals surface area contributed by atoms with Crippen LogP contribution in [0.15, 0.2) is 29.4 Å². The normalized spacial score (nSPS) is 11.1. The number of rotatable bonds is 2. The fourth-order valence-corrected chi connectivity index (χ4v) is 0.928. The van der Waals surface area contributed by atoms with Crippen LogP contribution in [0.2, 0.25) is 0 Å². The molecule has 0 heterocycles. The topological polar surface area (TPSA) is 93.5 Å². The first kappa shape index (κ1) is 10.0. The van der Waals surface area contributed by atoms with Crippen molar-refractivity contribution in [1.29, 1.82) is 0 Å². The Kier molecular flexibility index (Phi) is 3.06. The fraction of sp³-hybridized carbons (Fsp3) is 0.111. The summed E-state index contributed by atoms with van der Waals surface area (Å²) in [5.41, 5.74) is 14.8. The molecule has 0 fully saturated rings. The third-order valence-corrected chi connectivity index (χ3v) is 1.66. The van der Waals surface area contributed by atoms with Crippen molar-refractivity contribution in [3.63, 3.8) is 0 Å². The van der Waals surface area contributed by atoms with Crippen molar-refractivity contribution in [3.8, 4) is 0 Å². The van der Waals surface area contributed by atoms with E-state index < -0.39 is 6.03 Å². The molecular formula is C9H12N4O. The molecule has 14 heavy (non-hydrogen) atoms. The highest BCUT2D eigenvalue weighted by Crippen LogP contribution is 2.06. The summed E-state index contributed by atoms with van der Waals surface area (Å²) in [6.07, 6.45) is 0. The minimum Gasteiger partial charge on any atom is -0.399 e. The molecule has 0 radical (unpaired) electrons. The maximum Gasteiger partial charge on any atom is 0.332 e. The minimum absolute atomic E-state index is 0.670. The molecule has 0 aliphatic heterocycles. The van der Waals surface area contributed by atoms with Gasteiger partial charge in [0.05, 0.1) is 5.71 Å². The lowest BCUT2D eigenvalue weighted by molar-refractivity contribution is 0.249. The molecule has 0 spiro atoms. The van der Waals surface area contributed by atoms with Crippen LogP contribution >= 0.6 is 0 Å². The zero-order valence-corrected chi connectivity index (χ0v) is 7.82. The Labute approximate surface area is 81.8 Å². The van der Waals surface area contributed by atoms with Gasteiger partial charge >= 0.3 is 6.03 Å². The monoisotopic (exact) mass is 192 g/mol. The van der Waals surface area contributed by atoms with E-state index in [0.717, 1.165) is 5.56 Å². The predicted octanol–water partition coefficient (Wildman–Crippen LogP) is 0.661. The van der Waals surface area contributed by atoms with Crippen LogP contribution in [0.4, 0.5) is 10.5 Å². The number of amides is 2. The standard InChI is InChI=1S/C9H12N4O/c1-6(12-13-9(11)14)7-2-4-8(10)5-3-7/h2-5H,10H2,1H3,(H3,11,13,14). The zero-order chi connectivity index (χ0) is 10.6. The van der Waals surface area contributed by atoms with E-state index in [-0.39, 0.29) is 0 Å². The van der Waals surface area contributed by atoms with E-state index in [1.54, 1.807) is 19.1 Å². The van der Waals surface area contributed by atoms with Gasteiger partial charge in [-0.05, 0) is 24.6 Å². The Morgan fingerprint density at radius 3 is 2.43 bits per heavy atom. The molecule has 0 saturated heterocycles. The third-order valence-electron chi connectivity index (χ3n) is 1.66. The highest BCUT2D eigenvalue weighted by molar-refractivity contribution is 5.99. The molecule has 74 valence electrons. The van der Waals surface area contributed by atoms with E-state index in [0.29, 0.717) is 11.4 Å².